The van der Waals surface area contributed by atoms with Gasteiger partial charge in [-0.05, 0) is 116 Å². The van der Waals surface area contributed by atoms with Gasteiger partial charge in [0.25, 0.3) is 0 Å². The summed E-state index contributed by atoms with van der Waals surface area (Å²) < 4.78 is 0. The maximum Gasteiger partial charge on any atom is -0.0354 e. The second-order valence-electron chi connectivity index (χ2n) is 14.8. The lowest BCUT2D eigenvalue weighted by molar-refractivity contribution is 0.145. The summed E-state index contributed by atoms with van der Waals surface area (Å²) in [5.41, 5.74) is 0.534. The van der Waals surface area contributed by atoms with E-state index in [1.807, 2.05) is 0 Å². The van der Waals surface area contributed by atoms with Crippen LogP contribution in [0.3, 0.4) is 0 Å². The molecule has 4 fully saturated rings. The van der Waals surface area contributed by atoms with Crippen LogP contribution in [-0.2, 0) is 0 Å². The van der Waals surface area contributed by atoms with Crippen molar-refractivity contribution in [3.63, 3.8) is 0 Å². The normalized spacial score (nSPS) is 45.6. The van der Waals surface area contributed by atoms with E-state index in [9.17, 15) is 0 Å². The molecule has 0 nitrogen and oxygen atoms in total. The summed E-state index contributed by atoms with van der Waals surface area (Å²) >= 11 is 0. The highest BCUT2D eigenvalue weighted by Gasteiger charge is 2.45. The van der Waals surface area contributed by atoms with E-state index in [0.717, 1.165) is 59.2 Å². The Morgan fingerprint density at radius 2 is 1.34 bits per heavy atom. The highest BCUT2D eigenvalue weighted by atomic mass is 14.5. The first kappa shape index (κ1) is 25.1. The zero-order valence-corrected chi connectivity index (χ0v) is 22.9. The van der Waals surface area contributed by atoms with E-state index in [2.05, 4.69) is 41.5 Å². The van der Waals surface area contributed by atoms with E-state index in [1.54, 1.807) is 44.9 Å². The summed E-state index contributed by atoms with van der Waals surface area (Å²) in [6, 6.07) is 0. The zero-order valence-electron chi connectivity index (χ0n) is 22.9. The van der Waals surface area contributed by atoms with Gasteiger partial charge in [0.2, 0.25) is 0 Å². The van der Waals surface area contributed by atoms with E-state index in [1.165, 1.54) is 51.4 Å². The van der Waals surface area contributed by atoms with E-state index >= 15 is 0 Å². The third-order valence-electron chi connectivity index (χ3n) is 11.7. The van der Waals surface area contributed by atoms with Crippen molar-refractivity contribution >= 4 is 0 Å². The molecule has 0 saturated heterocycles. The molecule has 0 aromatic heterocycles. The Bertz CT molecular complexity index is 561. The molecule has 4 aliphatic carbocycles. The maximum absolute atomic E-state index is 2.66. The molecule has 0 N–H and O–H groups in total. The molecule has 8 atom stereocenters. The first-order valence-corrected chi connectivity index (χ1v) is 15.2. The summed E-state index contributed by atoms with van der Waals surface area (Å²) in [5, 5.41) is 0. The predicted molar refractivity (Wildman–Crippen MR) is 141 cm³/mol. The van der Waals surface area contributed by atoms with Crippen molar-refractivity contribution in [3.05, 3.63) is 0 Å². The largest absolute Gasteiger partial charge is 0.0625 e. The Kier molecular flexibility index (Phi) is 8.41. The predicted octanol–water partition coefficient (Wildman–Crippen LogP) is 10.2. The SMILES string of the molecule is CC1CCC(C2CC(C)C(C3CCC(CCCCC4CCC(C(C)(C)C)CC4)C3C)C2)C1. The van der Waals surface area contributed by atoms with Crippen LogP contribution in [0.1, 0.15) is 138 Å². The van der Waals surface area contributed by atoms with Gasteiger partial charge in [-0.3, -0.25) is 0 Å². The van der Waals surface area contributed by atoms with Gasteiger partial charge in [0.15, 0.2) is 0 Å². The molecule has 4 saturated carbocycles. The van der Waals surface area contributed by atoms with Crippen molar-refractivity contribution in [1.29, 1.82) is 0 Å². The molecule has 0 spiro atoms. The van der Waals surface area contributed by atoms with Gasteiger partial charge in [-0.1, -0.05) is 86.5 Å². The van der Waals surface area contributed by atoms with Crippen molar-refractivity contribution in [3.8, 4) is 0 Å². The molecule has 0 aromatic rings. The van der Waals surface area contributed by atoms with E-state index in [4.69, 9.17) is 0 Å². The van der Waals surface area contributed by atoms with Gasteiger partial charge in [-0.2, -0.15) is 0 Å². The van der Waals surface area contributed by atoms with Crippen molar-refractivity contribution in [2.45, 2.75) is 138 Å². The van der Waals surface area contributed by atoms with Crippen molar-refractivity contribution in [2.24, 2.45) is 64.6 Å². The van der Waals surface area contributed by atoms with Gasteiger partial charge in [0, 0.05) is 0 Å². The molecule has 0 radical (unpaired) electrons. The monoisotopic (exact) mass is 442 g/mol. The molecule has 0 bridgehead atoms. The zero-order chi connectivity index (χ0) is 22.9. The van der Waals surface area contributed by atoms with Crippen LogP contribution < -0.4 is 0 Å². The number of hydrogen-bond acceptors (Lipinski definition) is 0. The molecule has 4 aliphatic rings. The fraction of sp³-hybridized carbons (Fsp3) is 1.00. The molecular weight excluding hydrogens is 384 g/mol. The molecule has 186 valence electrons. The average molecular weight is 443 g/mol. The lowest BCUT2D eigenvalue weighted by atomic mass is 9.69. The molecule has 0 aliphatic heterocycles. The van der Waals surface area contributed by atoms with Crippen LogP contribution in [0.5, 0.6) is 0 Å². The van der Waals surface area contributed by atoms with Crippen LogP contribution in [0.25, 0.3) is 0 Å². The lowest BCUT2D eigenvalue weighted by Crippen LogP contribution is -2.25. The van der Waals surface area contributed by atoms with Crippen molar-refractivity contribution < 1.29 is 0 Å². The Labute approximate surface area is 202 Å². The molecule has 4 rings (SSSR count). The van der Waals surface area contributed by atoms with Crippen LogP contribution >= 0.6 is 0 Å². The summed E-state index contributed by atoms with van der Waals surface area (Å²) in [5.74, 6) is 10.4. The van der Waals surface area contributed by atoms with E-state index in [0.29, 0.717) is 5.41 Å². The van der Waals surface area contributed by atoms with Crippen LogP contribution in [0, 0.1) is 64.6 Å². The minimum Gasteiger partial charge on any atom is -0.0625 e. The fourth-order valence-electron chi connectivity index (χ4n) is 9.44. The fourth-order valence-corrected chi connectivity index (χ4v) is 9.44. The van der Waals surface area contributed by atoms with Gasteiger partial charge >= 0.3 is 0 Å². The topological polar surface area (TPSA) is 0 Å². The van der Waals surface area contributed by atoms with Gasteiger partial charge in [-0.25, -0.2) is 0 Å². The van der Waals surface area contributed by atoms with Crippen molar-refractivity contribution in [1.82, 2.24) is 0 Å². The molecule has 0 heteroatoms. The second-order valence-corrected chi connectivity index (χ2v) is 14.8. The van der Waals surface area contributed by atoms with Crippen LogP contribution in [0.2, 0.25) is 0 Å². The minimum absolute atomic E-state index is 0.534. The lowest BCUT2D eigenvalue weighted by Gasteiger charge is -2.37. The third-order valence-corrected chi connectivity index (χ3v) is 11.7. The summed E-state index contributed by atoms with van der Waals surface area (Å²) in [7, 11) is 0. The average Bonchev–Trinajstić information content (AvgIpc) is 3.44. The van der Waals surface area contributed by atoms with Gasteiger partial charge in [-0.15, -0.1) is 0 Å². The summed E-state index contributed by atoms with van der Waals surface area (Å²) in [6.45, 7) is 15.1. The highest BCUT2D eigenvalue weighted by molar-refractivity contribution is 4.95. The van der Waals surface area contributed by atoms with Gasteiger partial charge in [0.1, 0.15) is 0 Å². The smallest absolute Gasteiger partial charge is 0.0354 e. The Balaban J connectivity index is 1.15. The molecule has 0 aromatic carbocycles. The Morgan fingerprint density at radius 1 is 0.625 bits per heavy atom. The van der Waals surface area contributed by atoms with Gasteiger partial charge in [0.05, 0.1) is 0 Å². The molecular formula is C32H58. The molecule has 8 unspecified atom stereocenters. The van der Waals surface area contributed by atoms with Crippen molar-refractivity contribution in [2.75, 3.05) is 0 Å². The van der Waals surface area contributed by atoms with Gasteiger partial charge < -0.3 is 0 Å². The highest BCUT2D eigenvalue weighted by Crippen LogP contribution is 2.54. The number of unbranched alkanes of at least 4 members (excludes halogenated alkanes) is 1. The maximum atomic E-state index is 2.66. The summed E-state index contributed by atoms with van der Waals surface area (Å²) in [6.07, 6.45) is 23.0. The molecule has 0 amide bonds. The Morgan fingerprint density at radius 3 is 2.00 bits per heavy atom. The van der Waals surface area contributed by atoms with Crippen LogP contribution in [-0.4, -0.2) is 0 Å². The van der Waals surface area contributed by atoms with E-state index < -0.39 is 0 Å². The Hall–Kier alpha value is 0. The number of hydrogen-bond donors (Lipinski definition) is 0. The molecule has 0 heterocycles. The molecule has 32 heavy (non-hydrogen) atoms. The van der Waals surface area contributed by atoms with Crippen LogP contribution in [0.15, 0.2) is 0 Å². The first-order valence-electron chi connectivity index (χ1n) is 15.2. The van der Waals surface area contributed by atoms with E-state index in [-0.39, 0.29) is 0 Å². The number of rotatable bonds is 7. The minimum atomic E-state index is 0.534. The first-order chi connectivity index (χ1) is 15.2. The second kappa shape index (κ2) is 10.7. The van der Waals surface area contributed by atoms with Crippen LogP contribution in [0.4, 0.5) is 0 Å². The standard InChI is InChI=1S/C32H58/c1-22-11-14-27(19-22)28-20-23(2)31(21-28)30-18-15-26(24(30)3)10-8-7-9-25-12-16-29(17-13-25)32(4,5)6/h22-31H,7-21H2,1-6H3. The third kappa shape index (κ3) is 5.97. The summed E-state index contributed by atoms with van der Waals surface area (Å²) in [4.78, 5) is 0. The quantitative estimate of drug-likeness (QED) is 0.344.